The summed E-state index contributed by atoms with van der Waals surface area (Å²) in [6, 6.07) is 10.5. The Morgan fingerprint density at radius 3 is 2.56 bits per heavy atom. The number of nitrogens with zero attached hydrogens (tertiary/aromatic N) is 2. The molecule has 1 aromatic rings. The predicted octanol–water partition coefficient (Wildman–Crippen LogP) is 2.94. The van der Waals surface area contributed by atoms with Crippen LogP contribution in [0.2, 0.25) is 0 Å². The molecule has 8 nitrogen and oxygen atoms in total. The molecule has 0 saturated carbocycles. The normalized spacial score (nSPS) is 21.5. The maximum atomic E-state index is 13.0. The Balaban J connectivity index is 0.00000180. The molecule has 4 heterocycles. The van der Waals surface area contributed by atoms with E-state index in [0.29, 0.717) is 24.7 Å². The van der Waals surface area contributed by atoms with Crippen molar-refractivity contribution in [3.63, 3.8) is 0 Å². The molecule has 11 heteroatoms. The van der Waals surface area contributed by atoms with Crippen LogP contribution < -0.4 is 10.6 Å². The maximum Gasteiger partial charge on any atom is 0.297 e. The fourth-order valence-electron chi connectivity index (χ4n) is 5.31. The first kappa shape index (κ1) is 28.3. The number of likely N-dealkylation sites (tertiary alicyclic amines) is 1. The zero-order valence-electron chi connectivity index (χ0n) is 19.8. The number of benzene rings is 1. The molecule has 1 atom stereocenters. The second kappa shape index (κ2) is 11.8. The van der Waals surface area contributed by atoms with E-state index in [0.717, 1.165) is 44.7 Å². The van der Waals surface area contributed by atoms with Crippen LogP contribution in [0.1, 0.15) is 30.7 Å². The van der Waals surface area contributed by atoms with E-state index in [-0.39, 0.29) is 41.3 Å². The smallest absolute Gasteiger partial charge is 0.297 e. The van der Waals surface area contributed by atoms with Gasteiger partial charge < -0.3 is 20.4 Å². The summed E-state index contributed by atoms with van der Waals surface area (Å²) >= 11 is 0. The van der Waals surface area contributed by atoms with Crippen molar-refractivity contribution < 1.29 is 17.8 Å². The molecule has 36 heavy (non-hydrogen) atoms. The van der Waals surface area contributed by atoms with E-state index >= 15 is 0 Å². The number of carbonyl (C=O) groups excluding carboxylic acids is 1. The van der Waals surface area contributed by atoms with Crippen LogP contribution in [0.4, 0.5) is 0 Å². The van der Waals surface area contributed by atoms with Gasteiger partial charge in [-0.2, -0.15) is 8.42 Å². The van der Waals surface area contributed by atoms with Crippen molar-refractivity contribution in [2.45, 2.75) is 31.2 Å². The van der Waals surface area contributed by atoms with Gasteiger partial charge in [0.05, 0.1) is 17.3 Å². The standard InChI is InChI=1S/C25H30N4O4S.2ClH/c30-25(26-12-5-13-28-14-10-19(11-15-28)18-6-2-1-3-7-18)21-16-20-17-27-23-9-4-8-22(29(20)23)24(21)34(31,32)33;;/h1-4,6-9,16,19-20,27H,5,10-15,17H2,(H,26,30)(H,31,32,33);2*1H. The molecule has 196 valence electrons. The van der Waals surface area contributed by atoms with Crippen LogP contribution in [0.3, 0.4) is 0 Å². The number of nitrogens with one attached hydrogen (secondary N) is 2. The molecule has 4 aliphatic rings. The lowest BCUT2D eigenvalue weighted by Crippen LogP contribution is -2.39. The van der Waals surface area contributed by atoms with Gasteiger partial charge in [0.2, 0.25) is 0 Å². The van der Waals surface area contributed by atoms with Gasteiger partial charge in [0.1, 0.15) is 10.7 Å². The number of rotatable bonds is 7. The van der Waals surface area contributed by atoms with Crippen LogP contribution in [-0.2, 0) is 14.9 Å². The number of hydrogen-bond donors (Lipinski definition) is 3. The summed E-state index contributed by atoms with van der Waals surface area (Å²) in [6.45, 7) is 3.95. The van der Waals surface area contributed by atoms with Gasteiger partial charge in [0.15, 0.2) is 0 Å². The molecule has 2 fully saturated rings. The maximum absolute atomic E-state index is 13.0. The highest BCUT2D eigenvalue weighted by Gasteiger charge is 2.41. The van der Waals surface area contributed by atoms with Crippen LogP contribution in [0.15, 0.2) is 76.6 Å². The number of halogens is 2. The Bertz CT molecular complexity index is 1190. The monoisotopic (exact) mass is 554 g/mol. The third-order valence-corrected chi connectivity index (χ3v) is 7.93. The Kier molecular flexibility index (Phi) is 9.29. The average Bonchev–Trinajstić information content (AvgIpc) is 3.26. The summed E-state index contributed by atoms with van der Waals surface area (Å²) in [6.07, 6.45) is 9.83. The molecule has 1 unspecified atom stereocenters. The van der Waals surface area contributed by atoms with Gasteiger partial charge in [-0.25, -0.2) is 0 Å². The van der Waals surface area contributed by atoms with Gasteiger partial charge in [-0.05, 0) is 68.6 Å². The predicted molar refractivity (Wildman–Crippen MR) is 144 cm³/mol. The quantitative estimate of drug-likeness (QED) is 0.351. The highest BCUT2D eigenvalue weighted by atomic mass is 35.5. The Morgan fingerprint density at radius 2 is 1.86 bits per heavy atom. The SMILES string of the molecule is Cl.Cl.O=C(NCCCN1CCC(c2ccccc2)CC1)C1=CC2CNC3=CC=CC(=C1S(=O)(=O)O)N32. The molecule has 0 spiro atoms. The fourth-order valence-corrected chi connectivity index (χ4v) is 6.18. The van der Waals surface area contributed by atoms with Gasteiger partial charge in [0.25, 0.3) is 16.0 Å². The first-order valence-corrected chi connectivity index (χ1v) is 13.3. The molecule has 5 rings (SSSR count). The van der Waals surface area contributed by atoms with Crippen LogP contribution >= 0.6 is 24.8 Å². The average molecular weight is 556 g/mol. The summed E-state index contributed by atoms with van der Waals surface area (Å²) in [7, 11) is -4.59. The zero-order valence-corrected chi connectivity index (χ0v) is 22.2. The number of piperidine rings is 1. The number of allylic oxidation sites excluding steroid dienone is 3. The molecule has 3 N–H and O–H groups in total. The number of amides is 1. The lowest BCUT2D eigenvalue weighted by atomic mass is 9.89. The summed E-state index contributed by atoms with van der Waals surface area (Å²) in [4.78, 5) is 16.9. The molecular formula is C25H32Cl2N4O4S. The van der Waals surface area contributed by atoms with E-state index in [1.165, 1.54) is 5.56 Å². The largest absolute Gasteiger partial charge is 0.369 e. The summed E-state index contributed by atoms with van der Waals surface area (Å²) in [5.74, 6) is 0.894. The third kappa shape index (κ3) is 5.81. The minimum absolute atomic E-state index is 0. The van der Waals surface area contributed by atoms with Crippen LogP contribution in [0, 0.1) is 0 Å². The van der Waals surface area contributed by atoms with E-state index in [1.54, 1.807) is 23.1 Å². The highest BCUT2D eigenvalue weighted by Crippen LogP contribution is 2.37. The summed E-state index contributed by atoms with van der Waals surface area (Å²) in [5, 5.41) is 6.07. The second-order valence-corrected chi connectivity index (χ2v) is 10.5. The van der Waals surface area contributed by atoms with E-state index in [4.69, 9.17) is 0 Å². The molecule has 4 aliphatic heterocycles. The van der Waals surface area contributed by atoms with Crippen molar-refractivity contribution in [1.82, 2.24) is 20.4 Å². The highest BCUT2D eigenvalue weighted by molar-refractivity contribution is 7.90. The zero-order chi connectivity index (χ0) is 23.7. The first-order chi connectivity index (χ1) is 16.4. The van der Waals surface area contributed by atoms with Crippen LogP contribution in [-0.4, -0.2) is 67.4 Å². The van der Waals surface area contributed by atoms with E-state index in [9.17, 15) is 17.8 Å². The van der Waals surface area contributed by atoms with Crippen molar-refractivity contribution in [1.29, 1.82) is 0 Å². The van der Waals surface area contributed by atoms with Gasteiger partial charge in [-0.15, -0.1) is 24.8 Å². The fraction of sp³-hybridized carbons (Fsp3) is 0.400. The van der Waals surface area contributed by atoms with Crippen LogP contribution in [0.5, 0.6) is 0 Å². The van der Waals surface area contributed by atoms with Gasteiger partial charge in [-0.1, -0.05) is 36.4 Å². The summed E-state index contributed by atoms with van der Waals surface area (Å²) in [5.41, 5.74) is 1.74. The molecular weight excluding hydrogens is 523 g/mol. The van der Waals surface area contributed by atoms with Gasteiger partial charge >= 0.3 is 0 Å². The Morgan fingerprint density at radius 1 is 1.14 bits per heavy atom. The Labute approximate surface area is 224 Å². The van der Waals surface area contributed by atoms with Crippen molar-refractivity contribution in [2.75, 3.05) is 32.7 Å². The van der Waals surface area contributed by atoms with Crippen LogP contribution in [0.25, 0.3) is 0 Å². The minimum Gasteiger partial charge on any atom is -0.369 e. The third-order valence-electron chi connectivity index (χ3n) is 6.99. The minimum atomic E-state index is -4.59. The molecule has 1 amide bonds. The molecule has 2 saturated heterocycles. The lowest BCUT2D eigenvalue weighted by molar-refractivity contribution is -0.117. The Hall–Kier alpha value is -2.30. The van der Waals surface area contributed by atoms with Gasteiger partial charge in [-0.3, -0.25) is 9.35 Å². The lowest BCUT2D eigenvalue weighted by Gasteiger charge is -2.33. The topological polar surface area (TPSA) is 102 Å². The van der Waals surface area contributed by atoms with Crippen molar-refractivity contribution in [3.8, 4) is 0 Å². The van der Waals surface area contributed by atoms with Crippen molar-refractivity contribution >= 4 is 40.8 Å². The number of hydrogen-bond acceptors (Lipinski definition) is 6. The van der Waals surface area contributed by atoms with E-state index in [1.807, 2.05) is 12.1 Å². The van der Waals surface area contributed by atoms with E-state index < -0.39 is 16.0 Å². The molecule has 0 aromatic heterocycles. The van der Waals surface area contributed by atoms with Crippen molar-refractivity contribution in [3.05, 3.63) is 82.2 Å². The van der Waals surface area contributed by atoms with E-state index in [2.05, 4.69) is 39.8 Å². The first-order valence-electron chi connectivity index (χ1n) is 11.8. The summed E-state index contributed by atoms with van der Waals surface area (Å²) < 4.78 is 34.4. The molecule has 0 radical (unpaired) electrons. The molecule has 0 aliphatic carbocycles. The second-order valence-electron chi connectivity index (χ2n) is 9.14. The number of carbonyl (C=O) groups is 1. The van der Waals surface area contributed by atoms with Gasteiger partial charge in [0, 0.05) is 13.1 Å². The molecule has 1 aromatic carbocycles. The van der Waals surface area contributed by atoms with Crippen molar-refractivity contribution in [2.24, 2.45) is 0 Å². The molecule has 0 bridgehead atoms.